The zero-order chi connectivity index (χ0) is 23.5. The maximum atomic E-state index is 13.4. The number of thioether (sulfide) groups is 1. The summed E-state index contributed by atoms with van der Waals surface area (Å²) >= 11 is 1.77. The molecule has 3 rings (SSSR count). The molecule has 0 spiro atoms. The largest absolute Gasteiger partial charge is 0.352 e. The molecule has 0 unspecified atom stereocenters. The number of carbonyl (C=O) groups is 2. The SMILES string of the molecule is CC[C@@H](C(=O)NC1CCCCC1)N(Cc1ccccc1C)C(=O)CCSCc1ccccc1. The van der Waals surface area contributed by atoms with Crippen LogP contribution in [0.3, 0.4) is 0 Å². The number of hydrogen-bond donors (Lipinski definition) is 1. The van der Waals surface area contributed by atoms with Gasteiger partial charge in [0.25, 0.3) is 0 Å². The third-order valence-corrected chi connectivity index (χ3v) is 7.54. The normalized spacial score (nSPS) is 15.1. The number of nitrogens with zero attached hydrogens (tertiary/aromatic N) is 1. The minimum Gasteiger partial charge on any atom is -0.352 e. The van der Waals surface area contributed by atoms with E-state index in [1.807, 2.05) is 42.2 Å². The molecule has 2 aromatic carbocycles. The summed E-state index contributed by atoms with van der Waals surface area (Å²) < 4.78 is 0. The van der Waals surface area contributed by atoms with Gasteiger partial charge in [-0.15, -0.1) is 0 Å². The topological polar surface area (TPSA) is 49.4 Å². The molecule has 4 nitrogen and oxygen atoms in total. The van der Waals surface area contributed by atoms with E-state index in [0.29, 0.717) is 19.4 Å². The van der Waals surface area contributed by atoms with Crippen molar-refractivity contribution in [2.24, 2.45) is 0 Å². The fraction of sp³-hybridized carbons (Fsp3) is 0.500. The summed E-state index contributed by atoms with van der Waals surface area (Å²) in [5.74, 6) is 1.71. The highest BCUT2D eigenvalue weighted by Gasteiger charge is 2.30. The van der Waals surface area contributed by atoms with E-state index >= 15 is 0 Å². The molecule has 178 valence electrons. The van der Waals surface area contributed by atoms with Gasteiger partial charge in [-0.2, -0.15) is 11.8 Å². The molecule has 0 radical (unpaired) electrons. The van der Waals surface area contributed by atoms with Gasteiger partial charge in [0.05, 0.1) is 0 Å². The number of benzene rings is 2. The molecule has 2 aromatic rings. The van der Waals surface area contributed by atoms with E-state index in [2.05, 4.69) is 36.5 Å². The minimum atomic E-state index is -0.432. The van der Waals surface area contributed by atoms with Gasteiger partial charge in [-0.1, -0.05) is 80.8 Å². The lowest BCUT2D eigenvalue weighted by Crippen LogP contribution is -2.51. The molecule has 1 saturated carbocycles. The third-order valence-electron chi connectivity index (χ3n) is 6.51. The van der Waals surface area contributed by atoms with E-state index in [9.17, 15) is 9.59 Å². The van der Waals surface area contributed by atoms with Crippen LogP contribution in [0.15, 0.2) is 54.6 Å². The molecule has 1 fully saturated rings. The Hall–Kier alpha value is -2.27. The maximum Gasteiger partial charge on any atom is 0.243 e. The third kappa shape index (κ3) is 7.92. The number of rotatable bonds is 11. The van der Waals surface area contributed by atoms with E-state index in [1.165, 1.54) is 24.8 Å². The van der Waals surface area contributed by atoms with Crippen LogP contribution in [0.25, 0.3) is 0 Å². The summed E-state index contributed by atoms with van der Waals surface area (Å²) in [4.78, 5) is 28.5. The second-order valence-corrected chi connectivity index (χ2v) is 10.1. The molecule has 1 aliphatic carbocycles. The van der Waals surface area contributed by atoms with Crippen molar-refractivity contribution in [3.8, 4) is 0 Å². The van der Waals surface area contributed by atoms with Crippen molar-refractivity contribution < 1.29 is 9.59 Å². The fourth-order valence-electron chi connectivity index (χ4n) is 4.50. The van der Waals surface area contributed by atoms with Crippen molar-refractivity contribution in [2.75, 3.05) is 5.75 Å². The van der Waals surface area contributed by atoms with Crippen LogP contribution in [-0.2, 0) is 21.9 Å². The van der Waals surface area contributed by atoms with Gasteiger partial charge < -0.3 is 10.2 Å². The van der Waals surface area contributed by atoms with Gasteiger partial charge in [0.2, 0.25) is 11.8 Å². The summed E-state index contributed by atoms with van der Waals surface area (Å²) in [6.07, 6.45) is 6.75. The molecule has 1 atom stereocenters. The molecule has 0 heterocycles. The Morgan fingerprint density at radius 3 is 2.42 bits per heavy atom. The van der Waals surface area contributed by atoms with E-state index in [-0.39, 0.29) is 17.9 Å². The Balaban J connectivity index is 1.66. The number of hydrogen-bond acceptors (Lipinski definition) is 3. The van der Waals surface area contributed by atoms with Gasteiger partial charge >= 0.3 is 0 Å². The van der Waals surface area contributed by atoms with Gasteiger partial charge in [-0.3, -0.25) is 9.59 Å². The average molecular weight is 467 g/mol. The van der Waals surface area contributed by atoms with Crippen LogP contribution in [0.2, 0.25) is 0 Å². The number of aryl methyl sites for hydroxylation is 1. The van der Waals surface area contributed by atoms with Crippen LogP contribution in [-0.4, -0.2) is 34.6 Å². The monoisotopic (exact) mass is 466 g/mol. The highest BCUT2D eigenvalue weighted by molar-refractivity contribution is 7.98. The molecular weight excluding hydrogens is 428 g/mol. The fourth-order valence-corrected chi connectivity index (χ4v) is 5.39. The standard InChI is InChI=1S/C28H38N2O2S/c1-3-26(28(32)29-25-16-8-5-9-17-25)30(20-24-15-11-10-12-22(24)2)27(31)18-19-33-21-23-13-6-4-7-14-23/h4,6-7,10-15,25-26H,3,5,8-9,16-21H2,1-2H3,(H,29,32)/t26-/m0/s1. The first-order valence-corrected chi connectivity index (χ1v) is 13.5. The first-order valence-electron chi connectivity index (χ1n) is 12.3. The van der Waals surface area contributed by atoms with E-state index in [1.54, 1.807) is 11.8 Å². The Morgan fingerprint density at radius 1 is 1.03 bits per heavy atom. The molecule has 1 aliphatic rings. The maximum absolute atomic E-state index is 13.4. The van der Waals surface area contributed by atoms with Crippen molar-refractivity contribution in [2.45, 2.75) is 83.2 Å². The Labute approximate surface area is 203 Å². The second kappa shape index (κ2) is 13.4. The van der Waals surface area contributed by atoms with Crippen LogP contribution in [0.5, 0.6) is 0 Å². The highest BCUT2D eigenvalue weighted by atomic mass is 32.2. The van der Waals surface area contributed by atoms with Crippen LogP contribution in [0.1, 0.15) is 68.6 Å². The average Bonchev–Trinajstić information content (AvgIpc) is 2.84. The van der Waals surface area contributed by atoms with Crippen molar-refractivity contribution >= 4 is 23.6 Å². The molecule has 2 amide bonds. The number of amides is 2. The Kier molecular flexibility index (Phi) is 10.3. The van der Waals surface area contributed by atoms with Crippen molar-refractivity contribution in [3.63, 3.8) is 0 Å². The van der Waals surface area contributed by atoms with Crippen molar-refractivity contribution in [3.05, 3.63) is 71.3 Å². The summed E-state index contributed by atoms with van der Waals surface area (Å²) in [5.41, 5.74) is 3.52. The molecule has 0 aromatic heterocycles. The van der Waals surface area contributed by atoms with Crippen LogP contribution < -0.4 is 5.32 Å². The first-order chi connectivity index (χ1) is 16.1. The first kappa shape index (κ1) is 25.4. The molecule has 33 heavy (non-hydrogen) atoms. The lowest BCUT2D eigenvalue weighted by molar-refractivity contribution is -0.141. The lowest BCUT2D eigenvalue weighted by atomic mass is 9.95. The highest BCUT2D eigenvalue weighted by Crippen LogP contribution is 2.21. The predicted molar refractivity (Wildman–Crippen MR) is 138 cm³/mol. The van der Waals surface area contributed by atoms with Gasteiger partial charge in [0.15, 0.2) is 0 Å². The van der Waals surface area contributed by atoms with E-state index in [0.717, 1.165) is 35.5 Å². The Morgan fingerprint density at radius 2 is 1.73 bits per heavy atom. The summed E-state index contributed by atoms with van der Waals surface area (Å²) in [6, 6.07) is 18.3. The molecule has 5 heteroatoms. The summed E-state index contributed by atoms with van der Waals surface area (Å²) in [6.45, 7) is 4.55. The van der Waals surface area contributed by atoms with Crippen molar-refractivity contribution in [1.82, 2.24) is 10.2 Å². The van der Waals surface area contributed by atoms with Crippen LogP contribution in [0, 0.1) is 6.92 Å². The van der Waals surface area contributed by atoms with Gasteiger partial charge in [0, 0.05) is 30.5 Å². The zero-order valence-electron chi connectivity index (χ0n) is 20.1. The minimum absolute atomic E-state index is 0.00303. The smallest absolute Gasteiger partial charge is 0.243 e. The molecular formula is C28H38N2O2S. The molecule has 0 aliphatic heterocycles. The summed E-state index contributed by atoms with van der Waals surface area (Å²) in [5, 5.41) is 3.26. The second-order valence-electron chi connectivity index (χ2n) is 9.00. The number of nitrogens with one attached hydrogen (secondary N) is 1. The quantitative estimate of drug-likeness (QED) is 0.421. The number of carbonyl (C=O) groups excluding carboxylic acids is 2. The van der Waals surface area contributed by atoms with Gasteiger partial charge in [-0.25, -0.2) is 0 Å². The van der Waals surface area contributed by atoms with Crippen molar-refractivity contribution in [1.29, 1.82) is 0 Å². The predicted octanol–water partition coefficient (Wildman–Crippen LogP) is 5.87. The van der Waals surface area contributed by atoms with E-state index < -0.39 is 6.04 Å². The zero-order valence-corrected chi connectivity index (χ0v) is 20.9. The molecule has 0 saturated heterocycles. The Bertz CT molecular complexity index is 880. The molecule has 0 bridgehead atoms. The van der Waals surface area contributed by atoms with Crippen LogP contribution in [0.4, 0.5) is 0 Å². The van der Waals surface area contributed by atoms with Gasteiger partial charge in [0.1, 0.15) is 6.04 Å². The van der Waals surface area contributed by atoms with E-state index in [4.69, 9.17) is 0 Å². The van der Waals surface area contributed by atoms with Gasteiger partial charge in [-0.05, 0) is 42.9 Å². The summed E-state index contributed by atoms with van der Waals surface area (Å²) in [7, 11) is 0. The van der Waals surface area contributed by atoms with Crippen LogP contribution >= 0.6 is 11.8 Å². The lowest BCUT2D eigenvalue weighted by Gasteiger charge is -2.33. The molecule has 1 N–H and O–H groups in total.